The van der Waals surface area contributed by atoms with E-state index in [-0.39, 0.29) is 5.69 Å². The lowest BCUT2D eigenvalue weighted by molar-refractivity contribution is 0.196. The van der Waals surface area contributed by atoms with Crippen molar-refractivity contribution in [3.63, 3.8) is 0 Å². The smallest absolute Gasteiger partial charge is 0.149 e. The summed E-state index contributed by atoms with van der Waals surface area (Å²) in [5.74, 6) is -1.09. The molecule has 2 N–H and O–H groups in total. The van der Waals surface area contributed by atoms with Gasteiger partial charge in [0.25, 0.3) is 0 Å². The number of benzene rings is 1. The van der Waals surface area contributed by atoms with Crippen molar-refractivity contribution in [3.05, 3.63) is 29.3 Å². The van der Waals surface area contributed by atoms with Gasteiger partial charge in [0.15, 0.2) is 0 Å². The Hall–Kier alpha value is -1.20. The van der Waals surface area contributed by atoms with Gasteiger partial charge < -0.3 is 15.4 Å². The Labute approximate surface area is 107 Å². The van der Waals surface area contributed by atoms with E-state index in [0.717, 1.165) is 6.42 Å². The van der Waals surface area contributed by atoms with E-state index in [1.54, 1.807) is 19.1 Å². The number of hydrogen-bond donors (Lipinski definition) is 1. The van der Waals surface area contributed by atoms with E-state index in [1.165, 1.54) is 12.1 Å². The van der Waals surface area contributed by atoms with Gasteiger partial charge in [-0.1, -0.05) is 0 Å². The molecule has 0 heterocycles. The van der Waals surface area contributed by atoms with Crippen LogP contribution in [-0.4, -0.2) is 33.9 Å². The highest BCUT2D eigenvalue weighted by molar-refractivity contribution is 5.50. The monoisotopic (exact) mass is 258 g/mol. The SMILES string of the molecule is COCCCN(C)c1c(F)cc(CCN)cc1F. The van der Waals surface area contributed by atoms with E-state index in [4.69, 9.17) is 10.5 Å². The van der Waals surface area contributed by atoms with Crippen LogP contribution in [0.15, 0.2) is 12.1 Å². The Balaban J connectivity index is 2.81. The van der Waals surface area contributed by atoms with E-state index in [9.17, 15) is 8.78 Å². The molecule has 0 radical (unpaired) electrons. The number of hydrogen-bond acceptors (Lipinski definition) is 3. The van der Waals surface area contributed by atoms with Crippen LogP contribution in [0.3, 0.4) is 0 Å². The van der Waals surface area contributed by atoms with Gasteiger partial charge >= 0.3 is 0 Å². The van der Waals surface area contributed by atoms with Crippen molar-refractivity contribution >= 4 is 5.69 Å². The number of rotatable bonds is 7. The minimum absolute atomic E-state index is 0.00637. The quantitative estimate of drug-likeness (QED) is 0.760. The second kappa shape index (κ2) is 7.28. The maximum Gasteiger partial charge on any atom is 0.149 e. The van der Waals surface area contributed by atoms with Crippen LogP contribution in [0.2, 0.25) is 0 Å². The summed E-state index contributed by atoms with van der Waals surface area (Å²) in [5, 5.41) is 0. The average Bonchev–Trinajstić information content (AvgIpc) is 2.28. The number of ether oxygens (including phenoxy) is 1. The zero-order valence-corrected chi connectivity index (χ0v) is 10.9. The van der Waals surface area contributed by atoms with Crippen LogP contribution in [0.5, 0.6) is 0 Å². The average molecular weight is 258 g/mol. The lowest BCUT2D eigenvalue weighted by atomic mass is 10.1. The molecule has 0 unspecified atom stereocenters. The summed E-state index contributed by atoms with van der Waals surface area (Å²) in [7, 11) is 3.27. The fourth-order valence-electron chi connectivity index (χ4n) is 1.85. The van der Waals surface area contributed by atoms with E-state index in [2.05, 4.69) is 0 Å². The summed E-state index contributed by atoms with van der Waals surface area (Å²) in [6.07, 6.45) is 1.19. The lowest BCUT2D eigenvalue weighted by Crippen LogP contribution is -2.22. The van der Waals surface area contributed by atoms with Crippen molar-refractivity contribution in [2.75, 3.05) is 38.8 Å². The van der Waals surface area contributed by atoms with Crippen molar-refractivity contribution in [1.82, 2.24) is 0 Å². The zero-order valence-electron chi connectivity index (χ0n) is 10.9. The Morgan fingerprint density at radius 3 is 2.39 bits per heavy atom. The summed E-state index contributed by atoms with van der Waals surface area (Å²) in [5.41, 5.74) is 5.96. The molecule has 1 aromatic rings. The predicted octanol–water partition coefficient (Wildman–Crippen LogP) is 1.94. The number of nitrogens with zero attached hydrogens (tertiary/aromatic N) is 1. The number of halogens is 2. The van der Waals surface area contributed by atoms with Gasteiger partial charge in [-0.2, -0.15) is 0 Å². The van der Waals surface area contributed by atoms with Crippen molar-refractivity contribution in [1.29, 1.82) is 0 Å². The van der Waals surface area contributed by atoms with Crippen molar-refractivity contribution < 1.29 is 13.5 Å². The molecule has 0 saturated carbocycles. The van der Waals surface area contributed by atoms with Crippen molar-refractivity contribution in [3.8, 4) is 0 Å². The van der Waals surface area contributed by atoms with Crippen LogP contribution >= 0.6 is 0 Å². The Bertz CT molecular complexity index is 362. The van der Waals surface area contributed by atoms with E-state index in [1.807, 2.05) is 0 Å². The molecule has 0 bridgehead atoms. The molecule has 0 fully saturated rings. The highest BCUT2D eigenvalue weighted by atomic mass is 19.1. The normalized spacial score (nSPS) is 10.7. The third-order valence-corrected chi connectivity index (χ3v) is 2.73. The first kappa shape index (κ1) is 14.9. The van der Waals surface area contributed by atoms with Crippen LogP contribution in [0.4, 0.5) is 14.5 Å². The summed E-state index contributed by atoms with van der Waals surface area (Å²) in [6, 6.07) is 2.69. The molecule has 102 valence electrons. The van der Waals surface area contributed by atoms with Gasteiger partial charge in [0.1, 0.15) is 17.3 Å². The summed E-state index contributed by atoms with van der Waals surface area (Å²) >= 11 is 0. The summed E-state index contributed by atoms with van der Waals surface area (Å²) in [6.45, 7) is 1.48. The van der Waals surface area contributed by atoms with Crippen LogP contribution < -0.4 is 10.6 Å². The van der Waals surface area contributed by atoms with Crippen molar-refractivity contribution in [2.45, 2.75) is 12.8 Å². The van der Waals surface area contributed by atoms with Gasteiger partial charge in [0.05, 0.1) is 0 Å². The molecule has 0 aliphatic carbocycles. The molecule has 18 heavy (non-hydrogen) atoms. The molecule has 0 amide bonds. The predicted molar refractivity (Wildman–Crippen MR) is 68.9 cm³/mol. The standard InChI is InChI=1S/C13H20F2N2O/c1-17(6-3-7-18-2)13-11(14)8-10(4-5-16)9-12(13)15/h8-9H,3-7,16H2,1-2H3. The van der Waals surface area contributed by atoms with Crippen molar-refractivity contribution in [2.24, 2.45) is 5.73 Å². The van der Waals surface area contributed by atoms with E-state index in [0.29, 0.717) is 31.7 Å². The largest absolute Gasteiger partial charge is 0.385 e. The van der Waals surface area contributed by atoms with Crippen LogP contribution in [0.25, 0.3) is 0 Å². The topological polar surface area (TPSA) is 38.5 Å². The maximum atomic E-state index is 13.8. The molecule has 0 atom stereocenters. The summed E-state index contributed by atoms with van der Waals surface area (Å²) in [4.78, 5) is 1.57. The van der Waals surface area contributed by atoms with Crippen LogP contribution in [-0.2, 0) is 11.2 Å². The van der Waals surface area contributed by atoms with E-state index >= 15 is 0 Å². The molecule has 5 heteroatoms. The molecular formula is C13H20F2N2O. The third kappa shape index (κ3) is 3.92. The number of anilines is 1. The highest BCUT2D eigenvalue weighted by Crippen LogP contribution is 2.24. The molecule has 3 nitrogen and oxygen atoms in total. The molecule has 1 rings (SSSR count). The Kier molecular flexibility index (Phi) is 6.01. The van der Waals surface area contributed by atoms with Crippen LogP contribution in [0, 0.1) is 11.6 Å². The van der Waals surface area contributed by atoms with Gasteiger partial charge in [0.2, 0.25) is 0 Å². The highest BCUT2D eigenvalue weighted by Gasteiger charge is 2.14. The fraction of sp³-hybridized carbons (Fsp3) is 0.538. The number of nitrogens with two attached hydrogens (primary N) is 1. The molecule has 0 saturated heterocycles. The zero-order chi connectivity index (χ0) is 13.5. The molecule has 0 aromatic heterocycles. The van der Waals surface area contributed by atoms with Gasteiger partial charge in [-0.05, 0) is 37.1 Å². The summed E-state index contributed by atoms with van der Waals surface area (Å²) < 4.78 is 32.6. The second-order valence-electron chi connectivity index (χ2n) is 4.21. The van der Waals surface area contributed by atoms with Crippen LogP contribution in [0.1, 0.15) is 12.0 Å². The van der Waals surface area contributed by atoms with E-state index < -0.39 is 11.6 Å². The number of methoxy groups -OCH3 is 1. The van der Waals surface area contributed by atoms with Gasteiger partial charge in [-0.25, -0.2) is 8.78 Å². The Morgan fingerprint density at radius 1 is 1.28 bits per heavy atom. The van der Waals surface area contributed by atoms with Gasteiger partial charge in [-0.15, -0.1) is 0 Å². The lowest BCUT2D eigenvalue weighted by Gasteiger charge is -2.21. The fourth-order valence-corrected chi connectivity index (χ4v) is 1.85. The molecule has 0 aliphatic heterocycles. The Morgan fingerprint density at radius 2 is 1.89 bits per heavy atom. The molecule has 0 spiro atoms. The van der Waals surface area contributed by atoms with Gasteiger partial charge in [0, 0.05) is 27.3 Å². The minimum atomic E-state index is -0.543. The second-order valence-corrected chi connectivity index (χ2v) is 4.21. The molecule has 0 aliphatic rings. The molecular weight excluding hydrogens is 238 g/mol. The first-order valence-corrected chi connectivity index (χ1v) is 5.98. The minimum Gasteiger partial charge on any atom is -0.385 e. The molecule has 1 aromatic carbocycles. The van der Waals surface area contributed by atoms with Gasteiger partial charge in [-0.3, -0.25) is 0 Å². The maximum absolute atomic E-state index is 13.8. The first-order valence-electron chi connectivity index (χ1n) is 5.98. The third-order valence-electron chi connectivity index (χ3n) is 2.73. The first-order chi connectivity index (χ1) is 8.60.